The van der Waals surface area contributed by atoms with Gasteiger partial charge in [-0.3, -0.25) is 4.68 Å². The molecule has 0 fully saturated rings. The predicted octanol–water partition coefficient (Wildman–Crippen LogP) is 0.957. The molecule has 0 aromatic carbocycles. The summed E-state index contributed by atoms with van der Waals surface area (Å²) in [7, 11) is 1.80. The molecule has 1 aromatic rings. The van der Waals surface area contributed by atoms with Gasteiger partial charge in [0, 0.05) is 13.2 Å². The van der Waals surface area contributed by atoms with Crippen LogP contribution in [0, 0.1) is 11.3 Å². The number of nitrogens with zero attached hydrogens (tertiary/aromatic N) is 3. The SMILES string of the molecule is C=C(C#N)c1ccn(C)n1. The van der Waals surface area contributed by atoms with Gasteiger partial charge in [-0.15, -0.1) is 0 Å². The zero-order valence-corrected chi connectivity index (χ0v) is 5.70. The molecule has 0 aliphatic rings. The van der Waals surface area contributed by atoms with Gasteiger partial charge in [-0.25, -0.2) is 0 Å². The Balaban J connectivity index is 2.98. The van der Waals surface area contributed by atoms with E-state index in [0.29, 0.717) is 11.3 Å². The number of rotatable bonds is 1. The lowest BCUT2D eigenvalue weighted by atomic mass is 10.2. The zero-order chi connectivity index (χ0) is 7.56. The largest absolute Gasteiger partial charge is 0.275 e. The Morgan fingerprint density at radius 1 is 1.90 bits per heavy atom. The average Bonchev–Trinajstić information content (AvgIpc) is 2.34. The zero-order valence-electron chi connectivity index (χ0n) is 5.70. The van der Waals surface area contributed by atoms with E-state index in [1.54, 1.807) is 24.0 Å². The summed E-state index contributed by atoms with van der Waals surface area (Å²) in [6.45, 7) is 3.52. The van der Waals surface area contributed by atoms with Crippen LogP contribution in [0.2, 0.25) is 0 Å². The Labute approximate surface area is 59.2 Å². The first-order valence-electron chi connectivity index (χ1n) is 2.83. The monoisotopic (exact) mass is 133 g/mol. The molecule has 1 heterocycles. The first-order valence-corrected chi connectivity index (χ1v) is 2.83. The second-order valence-electron chi connectivity index (χ2n) is 1.97. The summed E-state index contributed by atoms with van der Waals surface area (Å²) in [4.78, 5) is 0. The quantitative estimate of drug-likeness (QED) is 0.535. The topological polar surface area (TPSA) is 41.6 Å². The fraction of sp³-hybridized carbons (Fsp3) is 0.143. The van der Waals surface area contributed by atoms with Gasteiger partial charge in [-0.2, -0.15) is 10.4 Å². The van der Waals surface area contributed by atoms with Crippen LogP contribution in [0.25, 0.3) is 5.57 Å². The standard InChI is InChI=1S/C7H7N3/c1-6(5-8)7-3-4-10(2)9-7/h3-4H,1H2,2H3. The fourth-order valence-corrected chi connectivity index (χ4v) is 0.633. The highest BCUT2D eigenvalue weighted by Gasteiger charge is 1.98. The van der Waals surface area contributed by atoms with Gasteiger partial charge in [-0.05, 0) is 6.07 Å². The molecule has 1 aromatic heterocycles. The molecule has 3 heteroatoms. The second kappa shape index (κ2) is 2.36. The van der Waals surface area contributed by atoms with Crippen molar-refractivity contribution in [1.82, 2.24) is 9.78 Å². The molecular formula is C7H7N3. The summed E-state index contributed by atoms with van der Waals surface area (Å²) in [5.41, 5.74) is 1.05. The molecule has 3 nitrogen and oxygen atoms in total. The van der Waals surface area contributed by atoms with Gasteiger partial charge in [0.25, 0.3) is 0 Å². The van der Waals surface area contributed by atoms with Crippen molar-refractivity contribution in [2.75, 3.05) is 0 Å². The molecular weight excluding hydrogens is 126 g/mol. The van der Waals surface area contributed by atoms with Crippen molar-refractivity contribution in [3.8, 4) is 6.07 Å². The highest BCUT2D eigenvalue weighted by molar-refractivity contribution is 5.71. The third-order valence-electron chi connectivity index (χ3n) is 1.16. The molecule has 0 saturated heterocycles. The van der Waals surface area contributed by atoms with Crippen LogP contribution in [-0.2, 0) is 7.05 Å². The van der Waals surface area contributed by atoms with Crippen LogP contribution >= 0.6 is 0 Å². The summed E-state index contributed by atoms with van der Waals surface area (Å²) in [6, 6.07) is 3.68. The molecule has 10 heavy (non-hydrogen) atoms. The van der Waals surface area contributed by atoms with Crippen molar-refractivity contribution in [3.63, 3.8) is 0 Å². The van der Waals surface area contributed by atoms with Gasteiger partial charge < -0.3 is 0 Å². The number of hydrogen-bond acceptors (Lipinski definition) is 2. The Morgan fingerprint density at radius 2 is 2.60 bits per heavy atom. The van der Waals surface area contributed by atoms with E-state index >= 15 is 0 Å². The Hall–Kier alpha value is -1.56. The molecule has 0 N–H and O–H groups in total. The highest BCUT2D eigenvalue weighted by Crippen LogP contribution is 2.05. The Kier molecular flexibility index (Phi) is 1.55. The number of nitriles is 1. The Bertz CT molecular complexity index is 290. The van der Waals surface area contributed by atoms with E-state index in [-0.39, 0.29) is 0 Å². The normalized spacial score (nSPS) is 8.80. The molecule has 0 bridgehead atoms. The van der Waals surface area contributed by atoms with Crippen LogP contribution in [0.4, 0.5) is 0 Å². The van der Waals surface area contributed by atoms with E-state index in [2.05, 4.69) is 11.7 Å². The summed E-state index contributed by atoms with van der Waals surface area (Å²) < 4.78 is 1.64. The van der Waals surface area contributed by atoms with E-state index in [9.17, 15) is 0 Å². The van der Waals surface area contributed by atoms with Crippen LogP contribution in [0.1, 0.15) is 5.69 Å². The molecule has 0 spiro atoms. The van der Waals surface area contributed by atoms with Crippen LogP contribution in [0.5, 0.6) is 0 Å². The van der Waals surface area contributed by atoms with Crippen molar-refractivity contribution >= 4 is 5.57 Å². The average molecular weight is 133 g/mol. The van der Waals surface area contributed by atoms with Crippen LogP contribution in [0.3, 0.4) is 0 Å². The van der Waals surface area contributed by atoms with Crippen molar-refractivity contribution in [2.45, 2.75) is 0 Å². The first-order chi connectivity index (χ1) is 4.74. The summed E-state index contributed by atoms with van der Waals surface area (Å²) in [5, 5.41) is 12.4. The second-order valence-corrected chi connectivity index (χ2v) is 1.97. The van der Waals surface area contributed by atoms with E-state index in [1.807, 2.05) is 6.07 Å². The van der Waals surface area contributed by atoms with Gasteiger partial charge in [0.15, 0.2) is 0 Å². The molecule has 0 amide bonds. The molecule has 0 saturated carbocycles. The molecule has 1 rings (SSSR count). The molecule has 50 valence electrons. The molecule has 0 radical (unpaired) electrons. The summed E-state index contributed by atoms with van der Waals surface area (Å²) in [5.74, 6) is 0. The number of aryl methyl sites for hydroxylation is 1. The first kappa shape index (κ1) is 6.56. The van der Waals surface area contributed by atoms with Crippen LogP contribution in [0.15, 0.2) is 18.8 Å². The lowest BCUT2D eigenvalue weighted by molar-refractivity contribution is 0.764. The molecule has 0 aliphatic carbocycles. The van der Waals surface area contributed by atoms with Crippen molar-refractivity contribution < 1.29 is 0 Å². The third-order valence-corrected chi connectivity index (χ3v) is 1.16. The molecule has 0 aliphatic heterocycles. The molecule has 0 unspecified atom stereocenters. The third kappa shape index (κ3) is 1.06. The van der Waals surface area contributed by atoms with Gasteiger partial charge in [0.05, 0.1) is 5.57 Å². The van der Waals surface area contributed by atoms with E-state index in [1.165, 1.54) is 0 Å². The van der Waals surface area contributed by atoms with Crippen LogP contribution < -0.4 is 0 Å². The predicted molar refractivity (Wildman–Crippen MR) is 37.9 cm³/mol. The smallest absolute Gasteiger partial charge is 0.102 e. The lowest BCUT2D eigenvalue weighted by Gasteiger charge is -1.86. The van der Waals surface area contributed by atoms with Crippen molar-refractivity contribution in [1.29, 1.82) is 5.26 Å². The minimum Gasteiger partial charge on any atom is -0.275 e. The summed E-state index contributed by atoms with van der Waals surface area (Å²) >= 11 is 0. The Morgan fingerprint density at radius 3 is 3.00 bits per heavy atom. The van der Waals surface area contributed by atoms with Gasteiger partial charge in [0.2, 0.25) is 0 Å². The number of hydrogen-bond donors (Lipinski definition) is 0. The summed E-state index contributed by atoms with van der Waals surface area (Å²) in [6.07, 6.45) is 1.78. The maximum Gasteiger partial charge on any atom is 0.102 e. The van der Waals surface area contributed by atoms with Gasteiger partial charge in [-0.1, -0.05) is 6.58 Å². The van der Waals surface area contributed by atoms with Crippen LogP contribution in [-0.4, -0.2) is 9.78 Å². The fourth-order valence-electron chi connectivity index (χ4n) is 0.633. The molecule has 0 atom stereocenters. The number of aromatic nitrogens is 2. The maximum absolute atomic E-state index is 8.40. The van der Waals surface area contributed by atoms with E-state index < -0.39 is 0 Å². The highest BCUT2D eigenvalue weighted by atomic mass is 15.2. The van der Waals surface area contributed by atoms with Gasteiger partial charge >= 0.3 is 0 Å². The maximum atomic E-state index is 8.40. The number of allylic oxidation sites excluding steroid dienone is 1. The lowest BCUT2D eigenvalue weighted by Crippen LogP contribution is -1.88. The van der Waals surface area contributed by atoms with Gasteiger partial charge in [0.1, 0.15) is 11.8 Å². The van der Waals surface area contributed by atoms with Crippen molar-refractivity contribution in [2.24, 2.45) is 7.05 Å². The van der Waals surface area contributed by atoms with E-state index in [4.69, 9.17) is 5.26 Å². The van der Waals surface area contributed by atoms with Crippen molar-refractivity contribution in [3.05, 3.63) is 24.5 Å². The van der Waals surface area contributed by atoms with E-state index in [0.717, 1.165) is 0 Å². The minimum absolute atomic E-state index is 0.403. The minimum atomic E-state index is 0.403.